The maximum atomic E-state index is 3.53. The van der Waals surface area contributed by atoms with E-state index in [0.717, 1.165) is 19.0 Å². The van der Waals surface area contributed by atoms with E-state index in [-0.39, 0.29) is 0 Å². The SMILES string of the molecule is C1=C2c3ccccc3NN2CCN1CC1CCN(CCc2ccccc2)CC1. The summed E-state index contributed by atoms with van der Waals surface area (Å²) < 4.78 is 0. The Labute approximate surface area is 168 Å². The molecule has 1 N–H and O–H groups in total. The van der Waals surface area contributed by atoms with Gasteiger partial charge in [-0.05, 0) is 49.9 Å². The fraction of sp³-hybridized carbons (Fsp3) is 0.417. The molecule has 0 spiro atoms. The van der Waals surface area contributed by atoms with Gasteiger partial charge in [0.1, 0.15) is 0 Å². The van der Waals surface area contributed by atoms with Crippen LogP contribution < -0.4 is 5.43 Å². The van der Waals surface area contributed by atoms with Crippen LogP contribution in [0.3, 0.4) is 0 Å². The molecule has 0 amide bonds. The number of nitrogens with one attached hydrogen (secondary N) is 1. The quantitative estimate of drug-likeness (QED) is 0.857. The van der Waals surface area contributed by atoms with Crippen molar-refractivity contribution < 1.29 is 0 Å². The second-order valence-corrected chi connectivity index (χ2v) is 8.34. The fourth-order valence-electron chi connectivity index (χ4n) is 4.74. The van der Waals surface area contributed by atoms with Gasteiger partial charge in [-0.3, -0.25) is 10.4 Å². The summed E-state index contributed by atoms with van der Waals surface area (Å²) in [5, 5.41) is 2.30. The van der Waals surface area contributed by atoms with Crippen molar-refractivity contribution in [1.82, 2.24) is 14.8 Å². The van der Waals surface area contributed by atoms with Crippen molar-refractivity contribution in [2.75, 3.05) is 44.7 Å². The number of piperidine rings is 1. The van der Waals surface area contributed by atoms with Gasteiger partial charge in [0.15, 0.2) is 0 Å². The Morgan fingerprint density at radius 3 is 2.50 bits per heavy atom. The Bertz CT molecular complexity index is 824. The normalized spacial score (nSPS) is 19.8. The maximum absolute atomic E-state index is 3.53. The summed E-state index contributed by atoms with van der Waals surface area (Å²) in [6.07, 6.45) is 6.20. The summed E-state index contributed by atoms with van der Waals surface area (Å²) >= 11 is 0. The predicted molar refractivity (Wildman–Crippen MR) is 116 cm³/mol. The molecule has 3 aliphatic rings. The molecule has 5 rings (SSSR count). The van der Waals surface area contributed by atoms with Crippen LogP contribution in [0.2, 0.25) is 0 Å². The van der Waals surface area contributed by atoms with Gasteiger partial charge in [-0.2, -0.15) is 0 Å². The van der Waals surface area contributed by atoms with Crippen LogP contribution >= 0.6 is 0 Å². The van der Waals surface area contributed by atoms with Gasteiger partial charge in [0.25, 0.3) is 0 Å². The highest BCUT2D eigenvalue weighted by molar-refractivity contribution is 5.81. The molecule has 0 atom stereocenters. The molecule has 1 saturated heterocycles. The van der Waals surface area contributed by atoms with E-state index in [0.29, 0.717) is 0 Å². The molecule has 0 radical (unpaired) electrons. The van der Waals surface area contributed by atoms with Crippen LogP contribution in [0.4, 0.5) is 5.69 Å². The average molecular weight is 375 g/mol. The number of benzene rings is 2. The van der Waals surface area contributed by atoms with Crippen LogP contribution in [0.1, 0.15) is 24.0 Å². The van der Waals surface area contributed by atoms with E-state index in [2.05, 4.69) is 81.0 Å². The van der Waals surface area contributed by atoms with E-state index < -0.39 is 0 Å². The summed E-state index contributed by atoms with van der Waals surface area (Å²) in [5.41, 5.74) is 8.89. The predicted octanol–water partition coefficient (Wildman–Crippen LogP) is 3.90. The average Bonchev–Trinajstić information content (AvgIpc) is 3.12. The zero-order valence-electron chi connectivity index (χ0n) is 16.6. The largest absolute Gasteiger partial charge is 0.373 e. The minimum Gasteiger partial charge on any atom is -0.373 e. The van der Waals surface area contributed by atoms with Gasteiger partial charge in [-0.1, -0.05) is 48.5 Å². The topological polar surface area (TPSA) is 21.8 Å². The van der Waals surface area contributed by atoms with E-state index in [1.54, 1.807) is 0 Å². The van der Waals surface area contributed by atoms with Crippen molar-refractivity contribution in [3.05, 3.63) is 71.9 Å². The van der Waals surface area contributed by atoms with Crippen LogP contribution in [0, 0.1) is 5.92 Å². The molecule has 28 heavy (non-hydrogen) atoms. The number of anilines is 1. The molecule has 1 fully saturated rings. The molecule has 2 aromatic rings. The molecule has 0 aromatic heterocycles. The Balaban J connectivity index is 1.13. The smallest absolute Gasteiger partial charge is 0.0825 e. The standard InChI is InChI=1S/C24H30N4/c1-2-6-20(7-3-1)10-13-26-14-11-21(12-15-26)18-27-16-17-28-24(19-27)22-8-4-5-9-23(22)25-28/h1-9,19,21,25H,10-18H2. The van der Waals surface area contributed by atoms with Gasteiger partial charge in [0.2, 0.25) is 0 Å². The molecule has 146 valence electrons. The third-order valence-electron chi connectivity index (χ3n) is 6.42. The van der Waals surface area contributed by atoms with Crippen LogP contribution in [-0.4, -0.2) is 54.1 Å². The minimum absolute atomic E-state index is 0.820. The number of para-hydroxylation sites is 1. The van der Waals surface area contributed by atoms with E-state index >= 15 is 0 Å². The highest BCUT2D eigenvalue weighted by Gasteiger charge is 2.28. The lowest BCUT2D eigenvalue weighted by molar-refractivity contribution is 0.157. The van der Waals surface area contributed by atoms with Gasteiger partial charge in [-0.15, -0.1) is 0 Å². The molecule has 2 aromatic carbocycles. The van der Waals surface area contributed by atoms with Crippen molar-refractivity contribution in [3.8, 4) is 0 Å². The lowest BCUT2D eigenvalue weighted by Gasteiger charge is -2.37. The van der Waals surface area contributed by atoms with Gasteiger partial charge < -0.3 is 9.80 Å². The van der Waals surface area contributed by atoms with E-state index in [9.17, 15) is 0 Å². The number of rotatable bonds is 5. The fourth-order valence-corrected chi connectivity index (χ4v) is 4.74. The number of hydrogen-bond donors (Lipinski definition) is 1. The molecule has 4 heteroatoms. The summed E-state index contributed by atoms with van der Waals surface area (Å²) in [5.74, 6) is 0.820. The first-order chi connectivity index (χ1) is 13.8. The molecular weight excluding hydrogens is 344 g/mol. The molecule has 0 unspecified atom stereocenters. The first-order valence-electron chi connectivity index (χ1n) is 10.7. The van der Waals surface area contributed by atoms with Gasteiger partial charge in [0, 0.05) is 31.4 Å². The Morgan fingerprint density at radius 1 is 0.857 bits per heavy atom. The molecule has 4 nitrogen and oxygen atoms in total. The molecule has 0 bridgehead atoms. The molecular formula is C24H30N4. The van der Waals surface area contributed by atoms with E-state index in [1.165, 1.54) is 68.0 Å². The van der Waals surface area contributed by atoms with E-state index in [1.807, 2.05) is 0 Å². The minimum atomic E-state index is 0.820. The second kappa shape index (κ2) is 7.88. The van der Waals surface area contributed by atoms with Crippen LogP contribution in [-0.2, 0) is 6.42 Å². The molecule has 0 saturated carbocycles. The highest BCUT2D eigenvalue weighted by Crippen LogP contribution is 2.36. The van der Waals surface area contributed by atoms with E-state index in [4.69, 9.17) is 0 Å². The monoisotopic (exact) mass is 374 g/mol. The van der Waals surface area contributed by atoms with Gasteiger partial charge >= 0.3 is 0 Å². The van der Waals surface area contributed by atoms with Crippen molar-refractivity contribution in [3.63, 3.8) is 0 Å². The van der Waals surface area contributed by atoms with Crippen LogP contribution in [0.5, 0.6) is 0 Å². The number of likely N-dealkylation sites (tertiary alicyclic amines) is 1. The zero-order chi connectivity index (χ0) is 18.8. The van der Waals surface area contributed by atoms with Gasteiger partial charge in [-0.25, -0.2) is 0 Å². The first-order valence-corrected chi connectivity index (χ1v) is 10.7. The maximum Gasteiger partial charge on any atom is 0.0825 e. The first kappa shape index (κ1) is 17.6. The molecule has 0 aliphatic carbocycles. The second-order valence-electron chi connectivity index (χ2n) is 8.34. The van der Waals surface area contributed by atoms with Crippen molar-refractivity contribution in [1.29, 1.82) is 0 Å². The summed E-state index contributed by atoms with van der Waals surface area (Å²) in [6, 6.07) is 19.5. The third kappa shape index (κ3) is 3.74. The molecule has 3 aliphatic heterocycles. The lowest BCUT2D eigenvalue weighted by atomic mass is 9.95. The van der Waals surface area contributed by atoms with Crippen LogP contribution in [0.25, 0.3) is 5.70 Å². The van der Waals surface area contributed by atoms with Crippen LogP contribution in [0.15, 0.2) is 60.8 Å². The Hall–Kier alpha value is -2.46. The van der Waals surface area contributed by atoms with Crippen molar-refractivity contribution in [2.24, 2.45) is 5.92 Å². The molecule has 3 heterocycles. The summed E-state index contributed by atoms with van der Waals surface area (Å²) in [4.78, 5) is 5.21. The summed E-state index contributed by atoms with van der Waals surface area (Å²) in [6.45, 7) is 7.06. The lowest BCUT2D eigenvalue weighted by Crippen LogP contribution is -2.42. The van der Waals surface area contributed by atoms with Gasteiger partial charge in [0.05, 0.1) is 17.9 Å². The Kier molecular flexibility index (Phi) is 4.96. The van der Waals surface area contributed by atoms with Crippen molar-refractivity contribution >= 4 is 11.4 Å². The number of hydrogen-bond acceptors (Lipinski definition) is 4. The number of hydrazine groups is 1. The Morgan fingerprint density at radius 2 is 1.64 bits per heavy atom. The summed E-state index contributed by atoms with van der Waals surface area (Å²) in [7, 11) is 0. The highest BCUT2D eigenvalue weighted by atomic mass is 15.5. The number of nitrogens with zero attached hydrogens (tertiary/aromatic N) is 3. The third-order valence-corrected chi connectivity index (χ3v) is 6.42. The zero-order valence-corrected chi connectivity index (χ0v) is 16.6. The number of fused-ring (bicyclic) bond motifs is 3. The van der Waals surface area contributed by atoms with Crippen molar-refractivity contribution in [2.45, 2.75) is 19.3 Å².